The molecule has 0 unspecified atom stereocenters. The summed E-state index contributed by atoms with van der Waals surface area (Å²) in [4.78, 5) is 0. The van der Waals surface area contributed by atoms with E-state index in [2.05, 4.69) is 24.3 Å². The fraction of sp³-hybridized carbons (Fsp3) is 0.647. The quantitative estimate of drug-likeness (QED) is 0.365. The largest absolute Gasteiger partial charge is 0.507 e. The molecule has 4 fully saturated rings. The van der Waals surface area contributed by atoms with E-state index >= 15 is 0 Å². The molecule has 0 saturated heterocycles. The van der Waals surface area contributed by atoms with E-state index in [0.29, 0.717) is 35.2 Å². The Hall–Kier alpha value is -1.61. The number of rotatable bonds is 8. The highest BCUT2D eigenvalue weighted by molar-refractivity contribution is 7.97. The van der Waals surface area contributed by atoms with Crippen LogP contribution in [0.2, 0.25) is 0 Å². The van der Waals surface area contributed by atoms with Gasteiger partial charge in [-0.2, -0.15) is 11.8 Å². The molecule has 0 aliphatic heterocycles. The van der Waals surface area contributed by atoms with Gasteiger partial charge in [-0.1, -0.05) is 75.6 Å². The molecule has 2 aromatic rings. The molecule has 2 aromatic carbocycles. The van der Waals surface area contributed by atoms with E-state index in [9.17, 15) is 10.2 Å². The van der Waals surface area contributed by atoms with Crippen molar-refractivity contribution in [3.05, 3.63) is 57.6 Å². The molecule has 0 atom stereocenters. The van der Waals surface area contributed by atoms with Crippen molar-refractivity contribution in [2.45, 2.75) is 138 Å². The molecule has 3 heteroatoms. The van der Waals surface area contributed by atoms with Crippen LogP contribution in [0.1, 0.15) is 160 Å². The third kappa shape index (κ3) is 5.58. The van der Waals surface area contributed by atoms with Gasteiger partial charge in [0, 0.05) is 11.5 Å². The first kappa shape index (κ1) is 25.7. The second-order valence-electron chi connectivity index (χ2n) is 12.7. The third-order valence-electron chi connectivity index (χ3n) is 10.2. The Morgan fingerprint density at radius 2 is 0.703 bits per heavy atom. The number of hydrogen-bond donors (Lipinski definition) is 2. The predicted molar refractivity (Wildman–Crippen MR) is 156 cm³/mol. The number of phenols is 2. The Labute approximate surface area is 228 Å². The van der Waals surface area contributed by atoms with Crippen LogP contribution in [0.5, 0.6) is 11.5 Å². The number of aromatic hydroxyl groups is 2. The standard InChI is InChI=1S/C34H46O2S/c35-33-29(25-9-1-2-10-25)17-23(18-30(33)26-11-3-4-12-26)21-37-22-24-19-31(27-13-5-6-14-27)34(36)32(20-24)28-15-7-8-16-28/h17-20,25-28,35-36H,1-16,21-22H2. The molecule has 4 aliphatic carbocycles. The summed E-state index contributed by atoms with van der Waals surface area (Å²) in [5, 5.41) is 22.6. The number of thioether (sulfide) groups is 1. The summed E-state index contributed by atoms with van der Waals surface area (Å²) in [7, 11) is 0. The lowest BCUT2D eigenvalue weighted by Gasteiger charge is -2.21. The zero-order valence-electron chi connectivity index (χ0n) is 22.6. The number of hydrogen-bond acceptors (Lipinski definition) is 3. The average molecular weight is 519 g/mol. The molecular formula is C34H46O2S. The fourth-order valence-electron chi connectivity index (χ4n) is 8.13. The third-order valence-corrected chi connectivity index (χ3v) is 11.2. The predicted octanol–water partition coefficient (Wildman–Crippen LogP) is 10.2. The Morgan fingerprint density at radius 3 is 0.946 bits per heavy atom. The van der Waals surface area contributed by atoms with Crippen LogP contribution in [0.15, 0.2) is 24.3 Å². The number of benzene rings is 2. The molecule has 2 N–H and O–H groups in total. The van der Waals surface area contributed by atoms with Crippen molar-refractivity contribution in [1.82, 2.24) is 0 Å². The van der Waals surface area contributed by atoms with Crippen molar-refractivity contribution in [1.29, 1.82) is 0 Å². The van der Waals surface area contributed by atoms with Crippen LogP contribution in [-0.4, -0.2) is 10.2 Å². The van der Waals surface area contributed by atoms with Gasteiger partial charge in [-0.05, 0) is 108 Å². The van der Waals surface area contributed by atoms with Crippen molar-refractivity contribution in [2.24, 2.45) is 0 Å². The van der Waals surface area contributed by atoms with Gasteiger partial charge in [0.15, 0.2) is 0 Å². The summed E-state index contributed by atoms with van der Waals surface area (Å²) in [6.45, 7) is 0. The Bertz CT molecular complexity index is 908. The SMILES string of the molecule is Oc1c(C2CCCC2)cc(CSCc2cc(C3CCCC3)c(O)c(C3CCCC3)c2)cc1C1CCCC1. The summed E-state index contributed by atoms with van der Waals surface area (Å²) in [6, 6.07) is 9.39. The van der Waals surface area contributed by atoms with E-state index in [1.165, 1.54) is 136 Å². The maximum absolute atomic E-state index is 11.3. The lowest BCUT2D eigenvalue weighted by atomic mass is 9.87. The zero-order chi connectivity index (χ0) is 25.2. The molecule has 0 radical (unpaired) electrons. The normalized spacial score (nSPS) is 22.1. The Kier molecular flexibility index (Phi) is 8.07. The van der Waals surface area contributed by atoms with Gasteiger partial charge in [-0.15, -0.1) is 0 Å². The first-order chi connectivity index (χ1) is 18.2. The molecule has 0 bridgehead atoms. The van der Waals surface area contributed by atoms with Crippen LogP contribution in [0.3, 0.4) is 0 Å². The van der Waals surface area contributed by atoms with Crippen molar-refractivity contribution < 1.29 is 10.2 Å². The summed E-state index contributed by atoms with van der Waals surface area (Å²) in [6.07, 6.45) is 20.3. The lowest BCUT2D eigenvalue weighted by Crippen LogP contribution is -2.03. The van der Waals surface area contributed by atoms with E-state index in [1.807, 2.05) is 11.8 Å². The van der Waals surface area contributed by atoms with Gasteiger partial charge in [-0.3, -0.25) is 0 Å². The molecule has 0 amide bonds. The van der Waals surface area contributed by atoms with Gasteiger partial charge in [0.1, 0.15) is 11.5 Å². The minimum Gasteiger partial charge on any atom is -0.507 e. The van der Waals surface area contributed by atoms with E-state index < -0.39 is 0 Å². The molecular weight excluding hydrogens is 472 g/mol. The first-order valence-corrected chi connectivity index (χ1v) is 16.6. The highest BCUT2D eigenvalue weighted by Crippen LogP contribution is 2.48. The zero-order valence-corrected chi connectivity index (χ0v) is 23.5. The van der Waals surface area contributed by atoms with Crippen molar-refractivity contribution >= 4 is 11.8 Å². The maximum atomic E-state index is 11.3. The molecule has 4 saturated carbocycles. The van der Waals surface area contributed by atoms with Crippen LogP contribution >= 0.6 is 11.8 Å². The first-order valence-electron chi connectivity index (χ1n) is 15.5. The molecule has 0 heterocycles. The number of phenolic OH excluding ortho intramolecular Hbond substituents is 2. The molecule has 37 heavy (non-hydrogen) atoms. The van der Waals surface area contributed by atoms with Gasteiger partial charge in [0.2, 0.25) is 0 Å². The topological polar surface area (TPSA) is 40.5 Å². The van der Waals surface area contributed by atoms with Crippen molar-refractivity contribution in [3.63, 3.8) is 0 Å². The van der Waals surface area contributed by atoms with Gasteiger partial charge in [0.25, 0.3) is 0 Å². The van der Waals surface area contributed by atoms with Crippen LogP contribution in [-0.2, 0) is 11.5 Å². The molecule has 200 valence electrons. The van der Waals surface area contributed by atoms with Gasteiger partial charge in [0.05, 0.1) is 0 Å². The minimum atomic E-state index is 0.546. The van der Waals surface area contributed by atoms with Crippen molar-refractivity contribution in [3.8, 4) is 11.5 Å². The molecule has 2 nitrogen and oxygen atoms in total. The van der Waals surface area contributed by atoms with Gasteiger partial charge >= 0.3 is 0 Å². The summed E-state index contributed by atoms with van der Waals surface area (Å²) in [5.74, 6) is 5.45. The average Bonchev–Trinajstić information content (AvgIpc) is 3.72. The van der Waals surface area contributed by atoms with E-state index in [-0.39, 0.29) is 0 Å². The van der Waals surface area contributed by atoms with E-state index in [0.717, 1.165) is 11.5 Å². The van der Waals surface area contributed by atoms with Crippen LogP contribution < -0.4 is 0 Å². The minimum absolute atomic E-state index is 0.546. The lowest BCUT2D eigenvalue weighted by molar-refractivity contribution is 0.446. The van der Waals surface area contributed by atoms with Gasteiger partial charge in [-0.25, -0.2) is 0 Å². The summed E-state index contributed by atoms with van der Waals surface area (Å²) in [5.41, 5.74) is 7.78. The molecule has 0 aromatic heterocycles. The molecule has 0 spiro atoms. The van der Waals surface area contributed by atoms with Gasteiger partial charge < -0.3 is 10.2 Å². The maximum Gasteiger partial charge on any atom is 0.122 e. The monoisotopic (exact) mass is 518 g/mol. The van der Waals surface area contributed by atoms with E-state index in [1.54, 1.807) is 0 Å². The Balaban J connectivity index is 1.23. The van der Waals surface area contributed by atoms with Crippen molar-refractivity contribution in [2.75, 3.05) is 0 Å². The van der Waals surface area contributed by atoms with Crippen LogP contribution in [0.4, 0.5) is 0 Å². The smallest absolute Gasteiger partial charge is 0.122 e. The second kappa shape index (κ2) is 11.6. The Morgan fingerprint density at radius 1 is 0.459 bits per heavy atom. The second-order valence-corrected chi connectivity index (χ2v) is 13.6. The summed E-state index contributed by atoms with van der Waals surface area (Å²) < 4.78 is 0. The van der Waals surface area contributed by atoms with Crippen LogP contribution in [0.25, 0.3) is 0 Å². The highest BCUT2D eigenvalue weighted by atomic mass is 32.2. The van der Waals surface area contributed by atoms with E-state index in [4.69, 9.17) is 0 Å². The highest BCUT2D eigenvalue weighted by Gasteiger charge is 2.28. The molecule has 4 aliphatic rings. The van der Waals surface area contributed by atoms with Crippen LogP contribution in [0, 0.1) is 0 Å². The summed E-state index contributed by atoms with van der Waals surface area (Å²) >= 11 is 2.01. The fourth-order valence-corrected chi connectivity index (χ4v) is 9.04. The molecule has 6 rings (SSSR count).